The first-order valence-corrected chi connectivity index (χ1v) is 14.2. The van der Waals surface area contributed by atoms with Crippen molar-refractivity contribution >= 4 is 32.8 Å². The first-order valence-electron chi connectivity index (χ1n) is 11.8. The highest BCUT2D eigenvalue weighted by Crippen LogP contribution is 2.38. The molecule has 1 atom stereocenters. The van der Waals surface area contributed by atoms with Crippen LogP contribution in [-0.4, -0.2) is 35.4 Å². The number of hydrogen-bond acceptors (Lipinski definition) is 4. The van der Waals surface area contributed by atoms with E-state index in [4.69, 9.17) is 4.98 Å². The molecule has 33 heavy (non-hydrogen) atoms. The van der Waals surface area contributed by atoms with Gasteiger partial charge in [0.2, 0.25) is 10.0 Å². The predicted molar refractivity (Wildman–Crippen MR) is 130 cm³/mol. The summed E-state index contributed by atoms with van der Waals surface area (Å²) in [5.74, 6) is 0.650. The van der Waals surface area contributed by atoms with Crippen LogP contribution in [0.1, 0.15) is 57.1 Å². The Morgan fingerprint density at radius 3 is 2.64 bits per heavy atom. The molecule has 3 aromatic rings. The van der Waals surface area contributed by atoms with Crippen molar-refractivity contribution < 1.29 is 12.8 Å². The molecule has 1 aliphatic heterocycles. The number of imidazole rings is 1. The third kappa shape index (κ3) is 4.57. The number of halogens is 1. The van der Waals surface area contributed by atoms with Gasteiger partial charge in [0, 0.05) is 24.9 Å². The third-order valence-corrected chi connectivity index (χ3v) is 9.75. The lowest BCUT2D eigenvalue weighted by Gasteiger charge is -2.30. The molecule has 8 heteroatoms. The molecule has 1 saturated heterocycles. The van der Waals surface area contributed by atoms with E-state index in [9.17, 15) is 12.8 Å². The van der Waals surface area contributed by atoms with Gasteiger partial charge in [-0.15, -0.1) is 0 Å². The lowest BCUT2D eigenvalue weighted by molar-refractivity contribution is 0.281. The van der Waals surface area contributed by atoms with Gasteiger partial charge in [-0.25, -0.2) is 17.8 Å². The second-order valence-corrected chi connectivity index (χ2v) is 12.2. The number of benzene rings is 2. The van der Waals surface area contributed by atoms with E-state index in [1.165, 1.54) is 30.7 Å². The summed E-state index contributed by atoms with van der Waals surface area (Å²) >= 11 is 1.52. The van der Waals surface area contributed by atoms with Gasteiger partial charge in [-0.1, -0.05) is 49.7 Å². The predicted octanol–water partition coefficient (Wildman–Crippen LogP) is 6.00. The summed E-state index contributed by atoms with van der Waals surface area (Å²) in [6, 6.07) is 12.5. The van der Waals surface area contributed by atoms with Crippen molar-refractivity contribution in [3.05, 3.63) is 53.8 Å². The number of piperidine rings is 1. The van der Waals surface area contributed by atoms with Gasteiger partial charge in [0.15, 0.2) is 5.16 Å². The molecule has 1 saturated carbocycles. The topological polar surface area (TPSA) is 55.2 Å². The molecule has 2 fully saturated rings. The smallest absolute Gasteiger partial charge is 0.243 e. The van der Waals surface area contributed by atoms with Crippen molar-refractivity contribution in [3.63, 3.8) is 0 Å². The number of hydrogen-bond donors (Lipinski definition) is 0. The maximum Gasteiger partial charge on any atom is 0.243 e. The highest BCUT2D eigenvalue weighted by Gasteiger charge is 2.30. The third-order valence-electron chi connectivity index (χ3n) is 6.89. The van der Waals surface area contributed by atoms with Crippen LogP contribution in [0.3, 0.4) is 0 Å². The van der Waals surface area contributed by atoms with Crippen molar-refractivity contribution in [2.24, 2.45) is 5.92 Å². The van der Waals surface area contributed by atoms with Gasteiger partial charge in [0.1, 0.15) is 5.82 Å². The van der Waals surface area contributed by atoms with E-state index in [1.807, 2.05) is 12.1 Å². The zero-order valence-electron chi connectivity index (χ0n) is 18.9. The minimum Gasteiger partial charge on any atom is -0.316 e. The Morgan fingerprint density at radius 2 is 1.88 bits per heavy atom. The number of thioether (sulfide) groups is 1. The summed E-state index contributed by atoms with van der Waals surface area (Å²) < 4.78 is 44.7. The SMILES string of the molecule is C[C@H]1CCCN(S(=O)(=O)c2ccc3c(c2)nc(SCc2ccccc2F)n3C2CCCC2)C1. The molecule has 0 radical (unpaired) electrons. The van der Waals surface area contributed by atoms with Crippen molar-refractivity contribution in [2.75, 3.05) is 13.1 Å². The Labute approximate surface area is 199 Å². The molecule has 0 unspecified atom stereocenters. The quantitative estimate of drug-likeness (QED) is 0.400. The fourth-order valence-electron chi connectivity index (χ4n) is 5.11. The highest BCUT2D eigenvalue weighted by molar-refractivity contribution is 7.98. The molecule has 0 amide bonds. The van der Waals surface area contributed by atoms with Crippen molar-refractivity contribution in [1.29, 1.82) is 0 Å². The fourth-order valence-corrected chi connectivity index (χ4v) is 7.79. The second kappa shape index (κ2) is 9.39. The normalized spacial score (nSPS) is 20.6. The molecule has 0 bridgehead atoms. The lowest BCUT2D eigenvalue weighted by Crippen LogP contribution is -2.39. The van der Waals surface area contributed by atoms with Crippen LogP contribution >= 0.6 is 11.8 Å². The summed E-state index contributed by atoms with van der Waals surface area (Å²) in [6.45, 7) is 3.25. The van der Waals surface area contributed by atoms with Crippen molar-refractivity contribution in [3.8, 4) is 0 Å². The average Bonchev–Trinajstić information content (AvgIpc) is 3.45. The van der Waals surface area contributed by atoms with Crippen LogP contribution in [0, 0.1) is 11.7 Å². The van der Waals surface area contributed by atoms with Gasteiger partial charge < -0.3 is 4.57 Å². The molecular weight excluding hydrogens is 457 g/mol. The Balaban J connectivity index is 1.50. The molecule has 0 spiro atoms. The van der Waals surface area contributed by atoms with Crippen molar-refractivity contribution in [1.82, 2.24) is 13.9 Å². The number of fused-ring (bicyclic) bond motifs is 1. The zero-order valence-corrected chi connectivity index (χ0v) is 20.5. The number of aromatic nitrogens is 2. The Kier molecular flexibility index (Phi) is 6.51. The number of sulfonamides is 1. The fraction of sp³-hybridized carbons (Fsp3) is 0.480. The molecule has 5 nitrogen and oxygen atoms in total. The zero-order chi connectivity index (χ0) is 23.0. The number of rotatable bonds is 6. The molecule has 5 rings (SSSR count). The molecule has 0 N–H and O–H groups in total. The summed E-state index contributed by atoms with van der Waals surface area (Å²) in [4.78, 5) is 5.17. The largest absolute Gasteiger partial charge is 0.316 e. The molecule has 176 valence electrons. The first-order chi connectivity index (χ1) is 15.9. The van der Waals surface area contributed by atoms with E-state index in [-0.39, 0.29) is 5.82 Å². The van der Waals surface area contributed by atoms with Gasteiger partial charge in [0.05, 0.1) is 15.9 Å². The Morgan fingerprint density at radius 1 is 1.09 bits per heavy atom. The van der Waals surface area contributed by atoms with Gasteiger partial charge in [0.25, 0.3) is 0 Å². The summed E-state index contributed by atoms with van der Waals surface area (Å²) in [7, 11) is -3.54. The van der Waals surface area contributed by atoms with E-state index < -0.39 is 10.0 Å². The van der Waals surface area contributed by atoms with Crippen LogP contribution in [0.4, 0.5) is 4.39 Å². The molecule has 1 aromatic heterocycles. The Hall–Kier alpha value is -1.90. The minimum absolute atomic E-state index is 0.210. The summed E-state index contributed by atoms with van der Waals surface area (Å²) in [5.41, 5.74) is 2.31. The van der Waals surface area contributed by atoms with E-state index in [0.29, 0.717) is 46.8 Å². The first kappa shape index (κ1) is 22.9. The van der Waals surface area contributed by atoms with E-state index in [1.54, 1.807) is 28.6 Å². The molecular formula is C25H30FN3O2S2. The molecule has 1 aliphatic carbocycles. The minimum atomic E-state index is -3.54. The standard InChI is InChI=1S/C25H30FN3O2S2/c1-18-7-6-14-28(16-18)33(30,31)21-12-13-24-23(15-21)27-25(29(24)20-9-3-4-10-20)32-17-19-8-2-5-11-22(19)26/h2,5,8,11-13,15,18,20H,3-4,6-7,9-10,14,16-17H2,1H3/t18-/m0/s1. The second-order valence-electron chi connectivity index (χ2n) is 9.34. The summed E-state index contributed by atoms with van der Waals surface area (Å²) in [5, 5.41) is 0.835. The van der Waals surface area contributed by atoms with Gasteiger partial charge in [-0.05, 0) is 61.4 Å². The maximum atomic E-state index is 14.2. The molecule has 2 aromatic carbocycles. The van der Waals surface area contributed by atoms with Gasteiger partial charge in [-0.2, -0.15) is 4.31 Å². The Bertz CT molecular complexity index is 1250. The van der Waals surface area contributed by atoms with Crippen molar-refractivity contribution in [2.45, 2.75) is 67.3 Å². The maximum absolute atomic E-state index is 14.2. The van der Waals surface area contributed by atoms with Crippen LogP contribution in [0.2, 0.25) is 0 Å². The van der Waals surface area contributed by atoms with E-state index in [0.717, 1.165) is 36.4 Å². The van der Waals surface area contributed by atoms with Crippen LogP contribution in [0.15, 0.2) is 52.5 Å². The monoisotopic (exact) mass is 487 g/mol. The average molecular weight is 488 g/mol. The number of nitrogens with zero attached hydrogens (tertiary/aromatic N) is 3. The van der Waals surface area contributed by atoms with Gasteiger partial charge in [-0.3, -0.25) is 0 Å². The van der Waals surface area contributed by atoms with E-state index >= 15 is 0 Å². The van der Waals surface area contributed by atoms with Gasteiger partial charge >= 0.3 is 0 Å². The lowest BCUT2D eigenvalue weighted by atomic mass is 10.0. The van der Waals surface area contributed by atoms with Crippen LogP contribution < -0.4 is 0 Å². The van der Waals surface area contributed by atoms with Crippen LogP contribution in [-0.2, 0) is 15.8 Å². The highest BCUT2D eigenvalue weighted by atomic mass is 32.2. The van der Waals surface area contributed by atoms with Crippen LogP contribution in [0.25, 0.3) is 11.0 Å². The molecule has 2 heterocycles. The molecule has 2 aliphatic rings. The van der Waals surface area contributed by atoms with Crippen LogP contribution in [0.5, 0.6) is 0 Å². The van der Waals surface area contributed by atoms with E-state index in [2.05, 4.69) is 11.5 Å². The summed E-state index contributed by atoms with van der Waals surface area (Å²) in [6.07, 6.45) is 6.51.